The second-order valence-corrected chi connectivity index (χ2v) is 8.38. The normalized spacial score (nSPS) is 22.4. The highest BCUT2D eigenvalue weighted by Gasteiger charge is 2.42. The molecule has 0 spiro atoms. The van der Waals surface area contributed by atoms with Crippen molar-refractivity contribution in [1.29, 1.82) is 0 Å². The maximum absolute atomic E-state index is 13.3. The Bertz CT molecular complexity index is 1100. The zero-order chi connectivity index (χ0) is 24.9. The predicted octanol–water partition coefficient (Wildman–Crippen LogP) is 3.96. The SMILES string of the molecule is Cc1nc(N[C@H]2C[C@H](Oc3cc(F)c(F)c(F)c3)C2)nc2c1N(CC(F)(F)F)C(=O)[C@H](C)N2C. The molecule has 1 N–H and O–H groups in total. The molecular formula is C21H21F6N5O2. The zero-order valence-corrected chi connectivity index (χ0v) is 18.4. The summed E-state index contributed by atoms with van der Waals surface area (Å²) >= 11 is 0. The van der Waals surface area contributed by atoms with E-state index in [1.807, 2.05) is 0 Å². The van der Waals surface area contributed by atoms with Crippen LogP contribution in [0.15, 0.2) is 12.1 Å². The third kappa shape index (κ3) is 4.55. The number of carbonyl (C=O) groups is 1. The van der Waals surface area contributed by atoms with Gasteiger partial charge in [-0.05, 0) is 13.8 Å². The topological polar surface area (TPSA) is 70.6 Å². The van der Waals surface area contributed by atoms with E-state index in [2.05, 4.69) is 15.3 Å². The van der Waals surface area contributed by atoms with E-state index in [1.165, 1.54) is 18.7 Å². The number of benzene rings is 1. The number of aryl methyl sites for hydroxylation is 1. The maximum Gasteiger partial charge on any atom is 0.406 e. The summed E-state index contributed by atoms with van der Waals surface area (Å²) in [5.41, 5.74) is 0.205. The van der Waals surface area contributed by atoms with Gasteiger partial charge in [0.2, 0.25) is 11.9 Å². The second kappa shape index (κ2) is 8.51. The van der Waals surface area contributed by atoms with Crippen LogP contribution >= 0.6 is 0 Å². The quantitative estimate of drug-likeness (QED) is 0.507. The molecule has 0 unspecified atom stereocenters. The highest BCUT2D eigenvalue weighted by Crippen LogP contribution is 2.39. The van der Waals surface area contributed by atoms with Crippen molar-refractivity contribution < 1.29 is 35.9 Å². The Morgan fingerprint density at radius 2 is 1.76 bits per heavy atom. The Balaban J connectivity index is 1.47. The number of fused-ring (bicyclic) bond motifs is 1. The van der Waals surface area contributed by atoms with E-state index < -0.39 is 42.1 Å². The van der Waals surface area contributed by atoms with Gasteiger partial charge in [-0.25, -0.2) is 18.2 Å². The molecule has 2 heterocycles. The van der Waals surface area contributed by atoms with Crippen LogP contribution in [0.1, 0.15) is 25.5 Å². The molecule has 1 aliphatic heterocycles. The summed E-state index contributed by atoms with van der Waals surface area (Å²) < 4.78 is 84.5. The number of halogens is 6. The van der Waals surface area contributed by atoms with Gasteiger partial charge in [0.1, 0.15) is 30.1 Å². The average Bonchev–Trinajstić information content (AvgIpc) is 2.71. The van der Waals surface area contributed by atoms with Crippen LogP contribution in [0.25, 0.3) is 0 Å². The minimum Gasteiger partial charge on any atom is -0.490 e. The lowest BCUT2D eigenvalue weighted by Crippen LogP contribution is -2.54. The van der Waals surface area contributed by atoms with Crippen molar-refractivity contribution in [3.8, 4) is 5.75 Å². The summed E-state index contributed by atoms with van der Waals surface area (Å²) in [6.45, 7) is 1.55. The van der Waals surface area contributed by atoms with E-state index in [0.717, 1.165) is 12.1 Å². The van der Waals surface area contributed by atoms with Gasteiger partial charge in [0.25, 0.3) is 0 Å². The largest absolute Gasteiger partial charge is 0.490 e. The van der Waals surface area contributed by atoms with E-state index in [9.17, 15) is 31.1 Å². The van der Waals surface area contributed by atoms with Crippen LogP contribution in [-0.4, -0.2) is 53.8 Å². The lowest BCUT2D eigenvalue weighted by Gasteiger charge is -2.40. The van der Waals surface area contributed by atoms with Crippen molar-refractivity contribution in [2.24, 2.45) is 0 Å². The summed E-state index contributed by atoms with van der Waals surface area (Å²) in [4.78, 5) is 23.3. The Hall–Kier alpha value is -3.25. The number of likely N-dealkylation sites (N-methyl/N-ethyl adjacent to an activating group) is 1. The molecule has 1 aliphatic carbocycles. The number of anilines is 3. The lowest BCUT2D eigenvalue weighted by molar-refractivity contribution is -0.133. The van der Waals surface area contributed by atoms with Crippen molar-refractivity contribution in [1.82, 2.24) is 9.97 Å². The number of hydrogen-bond donors (Lipinski definition) is 1. The van der Waals surface area contributed by atoms with Crippen LogP contribution in [0.4, 0.5) is 43.8 Å². The van der Waals surface area contributed by atoms with Crippen molar-refractivity contribution in [3.63, 3.8) is 0 Å². The highest BCUT2D eigenvalue weighted by molar-refractivity contribution is 6.05. The van der Waals surface area contributed by atoms with E-state index in [1.54, 1.807) is 7.05 Å². The van der Waals surface area contributed by atoms with Gasteiger partial charge in [0.15, 0.2) is 23.3 Å². The number of rotatable bonds is 5. The Labute approximate surface area is 190 Å². The monoisotopic (exact) mass is 489 g/mol. The molecule has 1 atom stereocenters. The molecule has 0 radical (unpaired) electrons. The van der Waals surface area contributed by atoms with Gasteiger partial charge in [-0.1, -0.05) is 0 Å². The first kappa shape index (κ1) is 23.9. The third-order valence-electron chi connectivity index (χ3n) is 5.87. The van der Waals surface area contributed by atoms with Crippen LogP contribution in [0, 0.1) is 24.4 Å². The molecular weight excluding hydrogens is 468 g/mol. The highest BCUT2D eigenvalue weighted by atomic mass is 19.4. The minimum absolute atomic E-state index is 0.00339. The standard InChI is InChI=1S/C21H21F6N5O2/c1-9-17-18(31(3)10(2)19(33)32(17)8-21(25,26)27)30-20(28-9)29-11-4-12(5-11)34-13-6-14(22)16(24)15(23)7-13/h6-7,10-12H,4-5,8H2,1-3H3,(H,28,29,30)/t10-,11-,12-/m0/s1. The first-order chi connectivity index (χ1) is 15.8. The molecule has 1 aromatic heterocycles. The fourth-order valence-electron chi connectivity index (χ4n) is 3.95. The Morgan fingerprint density at radius 3 is 2.35 bits per heavy atom. The molecule has 13 heteroatoms. The number of hydrogen-bond acceptors (Lipinski definition) is 6. The number of alkyl halides is 3. The van der Waals surface area contributed by atoms with Gasteiger partial charge in [-0.2, -0.15) is 18.2 Å². The van der Waals surface area contributed by atoms with E-state index in [4.69, 9.17) is 4.74 Å². The molecule has 1 amide bonds. The molecule has 0 bridgehead atoms. The van der Waals surface area contributed by atoms with Crippen LogP contribution in [0.5, 0.6) is 5.75 Å². The van der Waals surface area contributed by atoms with Crippen LogP contribution in [-0.2, 0) is 4.79 Å². The molecule has 2 aliphatic rings. The first-order valence-electron chi connectivity index (χ1n) is 10.4. The number of nitrogens with zero attached hydrogens (tertiary/aromatic N) is 4. The van der Waals surface area contributed by atoms with Gasteiger partial charge >= 0.3 is 6.18 Å². The summed E-state index contributed by atoms with van der Waals surface area (Å²) in [5, 5.41) is 3.06. The van der Waals surface area contributed by atoms with Crippen LogP contribution < -0.4 is 19.9 Å². The summed E-state index contributed by atoms with van der Waals surface area (Å²) in [6.07, 6.45) is -4.14. The van der Waals surface area contributed by atoms with Crippen molar-refractivity contribution in [3.05, 3.63) is 35.3 Å². The fraction of sp³-hybridized carbons (Fsp3) is 0.476. The lowest BCUT2D eigenvalue weighted by atomic mass is 9.89. The molecule has 4 rings (SSSR count). The number of amides is 1. The van der Waals surface area contributed by atoms with Gasteiger partial charge < -0.3 is 15.0 Å². The zero-order valence-electron chi connectivity index (χ0n) is 18.4. The minimum atomic E-state index is -4.59. The van der Waals surface area contributed by atoms with Gasteiger partial charge in [-0.15, -0.1) is 0 Å². The molecule has 1 fully saturated rings. The van der Waals surface area contributed by atoms with Crippen molar-refractivity contribution >= 4 is 23.4 Å². The first-order valence-corrected chi connectivity index (χ1v) is 10.4. The van der Waals surface area contributed by atoms with E-state index in [-0.39, 0.29) is 41.0 Å². The van der Waals surface area contributed by atoms with Gasteiger partial charge in [-0.3, -0.25) is 9.69 Å². The number of nitrogens with one attached hydrogen (secondary N) is 1. The summed E-state index contributed by atoms with van der Waals surface area (Å²) in [6, 6.07) is 0.507. The molecule has 7 nitrogen and oxygen atoms in total. The smallest absolute Gasteiger partial charge is 0.406 e. The fourth-order valence-corrected chi connectivity index (χ4v) is 3.95. The maximum atomic E-state index is 13.3. The number of aromatic nitrogens is 2. The van der Waals surface area contributed by atoms with Crippen LogP contribution in [0.3, 0.4) is 0 Å². The Morgan fingerprint density at radius 1 is 1.15 bits per heavy atom. The van der Waals surface area contributed by atoms with Gasteiger partial charge in [0.05, 0.1) is 5.69 Å². The second-order valence-electron chi connectivity index (χ2n) is 8.38. The molecule has 1 aromatic carbocycles. The van der Waals surface area contributed by atoms with E-state index >= 15 is 0 Å². The number of ether oxygens (including phenoxy) is 1. The molecule has 34 heavy (non-hydrogen) atoms. The molecule has 0 saturated heterocycles. The van der Waals surface area contributed by atoms with Crippen LogP contribution in [0.2, 0.25) is 0 Å². The molecule has 2 aromatic rings. The summed E-state index contributed by atoms with van der Waals surface area (Å²) in [5.74, 6) is -4.75. The van der Waals surface area contributed by atoms with Crippen molar-refractivity contribution in [2.75, 3.05) is 28.7 Å². The number of carbonyl (C=O) groups excluding carboxylic acids is 1. The summed E-state index contributed by atoms with van der Waals surface area (Å²) in [7, 11) is 1.57. The average molecular weight is 489 g/mol. The molecule has 1 saturated carbocycles. The molecule has 184 valence electrons. The Kier molecular flexibility index (Phi) is 5.98. The predicted molar refractivity (Wildman–Crippen MR) is 110 cm³/mol. The van der Waals surface area contributed by atoms with E-state index in [0.29, 0.717) is 17.7 Å². The van der Waals surface area contributed by atoms with Crippen molar-refractivity contribution in [2.45, 2.75) is 51.1 Å². The van der Waals surface area contributed by atoms with Gasteiger partial charge in [0, 0.05) is 38.1 Å². The third-order valence-corrected chi connectivity index (χ3v) is 5.87.